The maximum atomic E-state index is 4.79. The minimum Gasteiger partial charge on any atom is -0.355 e. The first-order valence-electron chi connectivity index (χ1n) is 10.8. The Balaban J connectivity index is 1.60. The Morgan fingerprint density at radius 2 is 1.25 bits per heavy atom. The first kappa shape index (κ1) is 18.6. The number of aromatic nitrogens is 4. The minimum absolute atomic E-state index is 0.867. The third-order valence-corrected chi connectivity index (χ3v) is 5.90. The highest BCUT2D eigenvalue weighted by Gasteiger charge is 2.07. The van der Waals surface area contributed by atoms with Gasteiger partial charge in [0, 0.05) is 22.1 Å². The maximum Gasteiger partial charge on any atom is 0.0659 e. The molecule has 5 heterocycles. The van der Waals surface area contributed by atoms with Crippen molar-refractivity contribution in [2.45, 2.75) is 13.3 Å². The lowest BCUT2D eigenvalue weighted by atomic mass is 10.0. The first-order chi connectivity index (χ1) is 15.7. The highest BCUT2D eigenvalue weighted by Crippen LogP contribution is 2.22. The summed E-state index contributed by atoms with van der Waals surface area (Å²) in [7, 11) is 0. The largest absolute Gasteiger partial charge is 0.355 e. The van der Waals surface area contributed by atoms with Crippen molar-refractivity contribution in [2.24, 2.45) is 0 Å². The molecule has 4 aromatic rings. The summed E-state index contributed by atoms with van der Waals surface area (Å²) in [6.07, 6.45) is 9.01. The van der Waals surface area contributed by atoms with E-state index in [1.165, 1.54) is 16.7 Å². The Kier molecular flexibility index (Phi) is 4.36. The van der Waals surface area contributed by atoms with Gasteiger partial charge < -0.3 is 9.97 Å². The molecule has 2 aliphatic rings. The molecular weight excluding hydrogens is 392 g/mol. The highest BCUT2D eigenvalue weighted by molar-refractivity contribution is 5.78. The van der Waals surface area contributed by atoms with Gasteiger partial charge in [0.2, 0.25) is 0 Å². The van der Waals surface area contributed by atoms with Crippen molar-refractivity contribution in [3.63, 3.8) is 0 Å². The van der Waals surface area contributed by atoms with Gasteiger partial charge in [0.05, 0.1) is 22.8 Å². The molecule has 6 rings (SSSR count). The van der Waals surface area contributed by atoms with Gasteiger partial charge in [0.1, 0.15) is 0 Å². The third kappa shape index (κ3) is 3.67. The fourth-order valence-corrected chi connectivity index (χ4v) is 4.24. The number of fused-ring (bicyclic) bond motifs is 8. The van der Waals surface area contributed by atoms with Crippen molar-refractivity contribution in [1.82, 2.24) is 19.9 Å². The van der Waals surface area contributed by atoms with Crippen molar-refractivity contribution in [2.75, 3.05) is 0 Å². The summed E-state index contributed by atoms with van der Waals surface area (Å²) in [5.41, 5.74) is 11.8. The second kappa shape index (κ2) is 7.50. The summed E-state index contributed by atoms with van der Waals surface area (Å²) < 4.78 is 0. The molecule has 2 aliphatic heterocycles. The molecule has 0 fully saturated rings. The fourth-order valence-electron chi connectivity index (χ4n) is 4.24. The minimum atomic E-state index is 0.867. The van der Waals surface area contributed by atoms with Crippen molar-refractivity contribution in [3.05, 3.63) is 106 Å². The zero-order valence-electron chi connectivity index (χ0n) is 17.8. The van der Waals surface area contributed by atoms with Crippen LogP contribution in [0.15, 0.2) is 66.7 Å². The fraction of sp³-hybridized carbons (Fsp3) is 0.0714. The standard InChI is InChI=1S/C28H22N4/c1-18-4-2-3-5-19(18)12-20-13-27-16-25-9-8-23(30-25)14-21-6-7-22(29-21)15-24-10-11-26(31-24)17-28(20)32-27/h2-11,13-17,30,32H,12H2,1H3. The number of hydrogen-bond donors (Lipinski definition) is 2. The van der Waals surface area contributed by atoms with E-state index >= 15 is 0 Å². The van der Waals surface area contributed by atoms with Gasteiger partial charge in [-0.2, -0.15) is 0 Å². The molecule has 0 amide bonds. The number of aryl methyl sites for hydroxylation is 1. The van der Waals surface area contributed by atoms with Gasteiger partial charge in [0.15, 0.2) is 0 Å². The summed E-state index contributed by atoms with van der Waals surface area (Å²) in [6.45, 7) is 2.17. The van der Waals surface area contributed by atoms with Gasteiger partial charge >= 0.3 is 0 Å². The molecule has 154 valence electrons. The van der Waals surface area contributed by atoms with E-state index in [-0.39, 0.29) is 0 Å². The predicted octanol–water partition coefficient (Wildman–Crippen LogP) is 6.55. The Bertz CT molecular complexity index is 1560. The first-order valence-corrected chi connectivity index (χ1v) is 10.8. The molecule has 0 unspecified atom stereocenters. The van der Waals surface area contributed by atoms with Gasteiger partial charge in [-0.1, -0.05) is 24.3 Å². The molecule has 0 spiro atoms. The number of aromatic amines is 2. The SMILES string of the molecule is Cc1ccccc1Cc1cc2cc3ccc(cc4nc(cc5nc(cc1[nH]2)C=C5)C=C4)[nH]3. The van der Waals surface area contributed by atoms with Gasteiger partial charge in [0.25, 0.3) is 0 Å². The molecule has 2 N–H and O–H groups in total. The van der Waals surface area contributed by atoms with E-state index in [0.717, 1.165) is 51.3 Å². The lowest BCUT2D eigenvalue weighted by molar-refractivity contribution is 1.17. The summed E-state index contributed by atoms with van der Waals surface area (Å²) in [4.78, 5) is 16.5. The number of hydrogen-bond acceptors (Lipinski definition) is 2. The second-order valence-corrected chi connectivity index (χ2v) is 8.30. The van der Waals surface area contributed by atoms with E-state index in [1.807, 2.05) is 24.3 Å². The van der Waals surface area contributed by atoms with E-state index in [9.17, 15) is 0 Å². The number of H-pyrrole nitrogens is 2. The average Bonchev–Trinajstić information content (AvgIpc) is 3.56. The molecule has 4 nitrogen and oxygen atoms in total. The van der Waals surface area contributed by atoms with Crippen LogP contribution in [0, 0.1) is 6.92 Å². The predicted molar refractivity (Wildman–Crippen MR) is 133 cm³/mol. The molecule has 4 heteroatoms. The van der Waals surface area contributed by atoms with Crippen LogP contribution in [-0.2, 0) is 6.42 Å². The van der Waals surface area contributed by atoms with Crippen LogP contribution < -0.4 is 0 Å². The van der Waals surface area contributed by atoms with Gasteiger partial charge in [-0.15, -0.1) is 0 Å². The Morgan fingerprint density at radius 1 is 0.594 bits per heavy atom. The number of nitrogens with zero attached hydrogens (tertiary/aromatic N) is 2. The van der Waals surface area contributed by atoms with Crippen LogP contribution in [0.4, 0.5) is 0 Å². The smallest absolute Gasteiger partial charge is 0.0659 e. The second-order valence-electron chi connectivity index (χ2n) is 8.30. The van der Waals surface area contributed by atoms with E-state index in [4.69, 9.17) is 4.98 Å². The average molecular weight is 415 g/mol. The zero-order chi connectivity index (χ0) is 21.5. The molecule has 0 saturated carbocycles. The van der Waals surface area contributed by atoms with Gasteiger partial charge in [-0.3, -0.25) is 0 Å². The Labute approximate surface area is 186 Å². The van der Waals surface area contributed by atoms with Crippen LogP contribution in [0.1, 0.15) is 39.5 Å². The molecule has 0 radical (unpaired) electrons. The van der Waals surface area contributed by atoms with E-state index in [2.05, 4.69) is 88.6 Å². The van der Waals surface area contributed by atoms with Crippen molar-refractivity contribution >= 4 is 46.4 Å². The Morgan fingerprint density at radius 3 is 2.00 bits per heavy atom. The summed E-state index contributed by atoms with van der Waals surface area (Å²) in [5, 5.41) is 0. The van der Waals surface area contributed by atoms with E-state index in [1.54, 1.807) is 0 Å². The molecule has 0 aliphatic carbocycles. The quantitative estimate of drug-likeness (QED) is 0.337. The Hall–Kier alpha value is -4.18. The maximum absolute atomic E-state index is 4.79. The van der Waals surface area contributed by atoms with Crippen LogP contribution in [0.3, 0.4) is 0 Å². The van der Waals surface area contributed by atoms with Crippen LogP contribution in [0.25, 0.3) is 46.4 Å². The van der Waals surface area contributed by atoms with Crippen molar-refractivity contribution in [3.8, 4) is 0 Å². The molecule has 0 saturated heterocycles. The monoisotopic (exact) mass is 414 g/mol. The van der Waals surface area contributed by atoms with Gasteiger partial charge in [-0.05, 0) is 96.8 Å². The lowest BCUT2D eigenvalue weighted by Crippen LogP contribution is -1.90. The number of benzene rings is 1. The van der Waals surface area contributed by atoms with E-state index < -0.39 is 0 Å². The van der Waals surface area contributed by atoms with Crippen LogP contribution in [0.2, 0.25) is 0 Å². The molecular formula is C28H22N4. The lowest BCUT2D eigenvalue weighted by Gasteiger charge is -2.04. The molecule has 8 bridgehead atoms. The highest BCUT2D eigenvalue weighted by atomic mass is 14.8. The zero-order valence-corrected chi connectivity index (χ0v) is 17.8. The molecule has 1 aromatic carbocycles. The van der Waals surface area contributed by atoms with Crippen molar-refractivity contribution < 1.29 is 0 Å². The number of nitrogens with one attached hydrogen (secondary N) is 2. The summed E-state index contributed by atoms with van der Waals surface area (Å²) in [6, 6.07) is 23.3. The molecule has 3 aromatic heterocycles. The van der Waals surface area contributed by atoms with Crippen molar-refractivity contribution in [1.29, 1.82) is 0 Å². The van der Waals surface area contributed by atoms with Crippen LogP contribution in [0.5, 0.6) is 0 Å². The molecule has 32 heavy (non-hydrogen) atoms. The summed E-state index contributed by atoms with van der Waals surface area (Å²) >= 11 is 0. The topological polar surface area (TPSA) is 57.4 Å². The normalized spacial score (nSPS) is 12.4. The molecule has 0 atom stereocenters. The van der Waals surface area contributed by atoms with Crippen LogP contribution in [-0.4, -0.2) is 19.9 Å². The number of rotatable bonds is 2. The van der Waals surface area contributed by atoms with Crippen LogP contribution >= 0.6 is 0 Å². The van der Waals surface area contributed by atoms with E-state index in [0.29, 0.717) is 0 Å². The summed E-state index contributed by atoms with van der Waals surface area (Å²) in [5.74, 6) is 0. The third-order valence-electron chi connectivity index (χ3n) is 5.90. The van der Waals surface area contributed by atoms with Gasteiger partial charge in [-0.25, -0.2) is 9.97 Å².